The van der Waals surface area contributed by atoms with Crippen LogP contribution < -0.4 is 10.1 Å². The normalized spacial score (nSPS) is 11.7. The number of benzene rings is 1. The van der Waals surface area contributed by atoms with Gasteiger partial charge in [-0.25, -0.2) is 4.98 Å². The Balaban J connectivity index is 1.59. The van der Waals surface area contributed by atoms with Gasteiger partial charge in [0.1, 0.15) is 17.1 Å². The molecule has 144 valence electrons. The first-order valence-corrected chi connectivity index (χ1v) is 9.26. The van der Waals surface area contributed by atoms with Gasteiger partial charge in [0.05, 0.1) is 7.11 Å². The van der Waals surface area contributed by atoms with E-state index >= 15 is 0 Å². The molecule has 28 heavy (non-hydrogen) atoms. The minimum absolute atomic E-state index is 0.142. The maximum Gasteiger partial charge on any atom is 0.433 e. The maximum atomic E-state index is 13.1. The van der Waals surface area contributed by atoms with Crippen LogP contribution in [0.25, 0.3) is 5.78 Å². The topological polar surface area (TPSA) is 90.1 Å². The summed E-state index contributed by atoms with van der Waals surface area (Å²) in [4.78, 5) is 7.22. The third kappa shape index (κ3) is 3.84. The summed E-state index contributed by atoms with van der Waals surface area (Å²) >= 11 is 2.18. The van der Waals surface area contributed by atoms with Crippen molar-refractivity contribution in [1.82, 2.24) is 29.8 Å². The Bertz CT molecular complexity index is 1130. The van der Waals surface area contributed by atoms with E-state index < -0.39 is 11.9 Å². The van der Waals surface area contributed by atoms with Gasteiger partial charge in [-0.15, -0.1) is 10.2 Å². The molecule has 4 aromatic rings. The molecule has 0 aliphatic carbocycles. The minimum Gasteiger partial charge on any atom is -0.497 e. The van der Waals surface area contributed by atoms with Crippen molar-refractivity contribution in [3.05, 3.63) is 42.4 Å². The Morgan fingerprint density at radius 1 is 1.21 bits per heavy atom. The summed E-state index contributed by atoms with van der Waals surface area (Å²) in [7, 11) is 1.56. The summed E-state index contributed by atoms with van der Waals surface area (Å²) in [5, 5.41) is 15.7. The predicted molar refractivity (Wildman–Crippen MR) is 96.1 cm³/mol. The fourth-order valence-corrected chi connectivity index (χ4v) is 4.02. The third-order valence-corrected chi connectivity index (χ3v) is 5.32. The summed E-state index contributed by atoms with van der Waals surface area (Å²) in [6.45, 7) is 0. The van der Waals surface area contributed by atoms with Crippen molar-refractivity contribution in [3.63, 3.8) is 0 Å². The summed E-state index contributed by atoms with van der Waals surface area (Å²) in [6.07, 6.45) is -3.45. The molecule has 13 heteroatoms. The molecule has 1 aromatic carbocycles. The number of fused-ring (bicyclic) bond motifs is 1. The van der Waals surface area contributed by atoms with Crippen LogP contribution in [0.3, 0.4) is 0 Å². The molecule has 1 N–H and O–H groups in total. The number of nitrogens with one attached hydrogen (secondary N) is 1. The van der Waals surface area contributed by atoms with Crippen molar-refractivity contribution in [3.8, 4) is 5.75 Å². The zero-order valence-corrected chi connectivity index (χ0v) is 15.6. The number of methoxy groups -OCH3 is 1. The number of nitrogens with zero attached hydrogens (tertiary/aromatic N) is 6. The molecule has 0 amide bonds. The minimum atomic E-state index is -4.59. The zero-order chi connectivity index (χ0) is 19.7. The lowest BCUT2D eigenvalue weighted by Gasteiger charge is -2.08. The molecule has 0 saturated heterocycles. The van der Waals surface area contributed by atoms with Crippen LogP contribution in [0.5, 0.6) is 5.75 Å². The van der Waals surface area contributed by atoms with E-state index in [1.54, 1.807) is 19.2 Å². The smallest absolute Gasteiger partial charge is 0.433 e. The van der Waals surface area contributed by atoms with E-state index in [2.05, 4.69) is 30.6 Å². The molecular formula is C15H10F3N7OS2. The largest absolute Gasteiger partial charge is 0.497 e. The molecule has 0 fully saturated rings. The lowest BCUT2D eigenvalue weighted by atomic mass is 10.3. The molecule has 0 saturated carbocycles. The first kappa shape index (κ1) is 18.4. The fraction of sp³-hybridized carbons (Fsp3) is 0.133. The highest BCUT2D eigenvalue weighted by Crippen LogP contribution is 2.36. The van der Waals surface area contributed by atoms with Gasteiger partial charge in [-0.3, -0.25) is 0 Å². The van der Waals surface area contributed by atoms with E-state index in [0.717, 1.165) is 29.8 Å². The first-order valence-electron chi connectivity index (χ1n) is 7.63. The van der Waals surface area contributed by atoms with Crippen molar-refractivity contribution in [2.75, 3.05) is 12.4 Å². The number of ether oxygens (including phenoxy) is 1. The number of aromatic nitrogens is 6. The van der Waals surface area contributed by atoms with Crippen LogP contribution in [0.1, 0.15) is 5.69 Å². The van der Waals surface area contributed by atoms with Crippen LogP contribution in [-0.4, -0.2) is 36.9 Å². The van der Waals surface area contributed by atoms with Crippen LogP contribution >= 0.6 is 23.1 Å². The van der Waals surface area contributed by atoms with Gasteiger partial charge in [0.15, 0.2) is 10.0 Å². The van der Waals surface area contributed by atoms with Crippen molar-refractivity contribution >= 4 is 39.7 Å². The van der Waals surface area contributed by atoms with Crippen molar-refractivity contribution < 1.29 is 17.9 Å². The highest BCUT2D eigenvalue weighted by molar-refractivity contribution is 8.01. The summed E-state index contributed by atoms with van der Waals surface area (Å²) in [5.74, 6) is 0.533. The number of anilines is 2. The Morgan fingerprint density at radius 3 is 2.86 bits per heavy atom. The lowest BCUT2D eigenvalue weighted by Crippen LogP contribution is -2.10. The monoisotopic (exact) mass is 425 g/mol. The standard InChI is InChI=1S/C15H10F3N7OS2/c1-26-9-4-2-3-8(5-9)21-13-23-24-14(28-13)27-11-6-10(15(16,17)18)22-12-19-7-20-25(11)12/h2-7H,1H3,(H,21,23). The quantitative estimate of drug-likeness (QED) is 0.482. The van der Waals surface area contributed by atoms with E-state index in [1.807, 2.05) is 12.1 Å². The van der Waals surface area contributed by atoms with Crippen LogP contribution in [0.2, 0.25) is 0 Å². The third-order valence-electron chi connectivity index (χ3n) is 3.43. The average molecular weight is 425 g/mol. The molecule has 8 nitrogen and oxygen atoms in total. The van der Waals surface area contributed by atoms with E-state index in [0.29, 0.717) is 15.2 Å². The maximum absolute atomic E-state index is 13.1. The van der Waals surface area contributed by atoms with Gasteiger partial charge < -0.3 is 10.1 Å². The second-order valence-electron chi connectivity index (χ2n) is 5.28. The number of rotatable bonds is 5. The van der Waals surface area contributed by atoms with Gasteiger partial charge >= 0.3 is 6.18 Å². The number of hydrogen-bond donors (Lipinski definition) is 1. The van der Waals surface area contributed by atoms with Crippen molar-refractivity contribution in [2.24, 2.45) is 0 Å². The molecule has 0 atom stereocenters. The second-order valence-corrected chi connectivity index (χ2v) is 7.53. The Kier molecular flexibility index (Phi) is 4.77. The average Bonchev–Trinajstić information content (AvgIpc) is 3.30. The van der Waals surface area contributed by atoms with E-state index in [9.17, 15) is 13.2 Å². The Labute approximate surface area is 163 Å². The molecule has 0 spiro atoms. The van der Waals surface area contributed by atoms with E-state index in [1.165, 1.54) is 15.9 Å². The molecule has 0 aliphatic rings. The first-order chi connectivity index (χ1) is 13.4. The highest BCUT2D eigenvalue weighted by Gasteiger charge is 2.34. The van der Waals surface area contributed by atoms with Gasteiger partial charge in [0.2, 0.25) is 5.13 Å². The van der Waals surface area contributed by atoms with Gasteiger partial charge in [-0.1, -0.05) is 17.4 Å². The Morgan fingerprint density at radius 2 is 2.07 bits per heavy atom. The second kappa shape index (κ2) is 7.24. The summed E-state index contributed by atoms with van der Waals surface area (Å²) in [6, 6.07) is 8.13. The molecule has 0 aliphatic heterocycles. The molecule has 3 aromatic heterocycles. The lowest BCUT2D eigenvalue weighted by molar-refractivity contribution is -0.141. The van der Waals surface area contributed by atoms with Crippen molar-refractivity contribution in [1.29, 1.82) is 0 Å². The summed E-state index contributed by atoms with van der Waals surface area (Å²) < 4.78 is 46.0. The van der Waals surface area contributed by atoms with Crippen LogP contribution in [-0.2, 0) is 6.18 Å². The number of hydrogen-bond acceptors (Lipinski definition) is 9. The molecule has 0 radical (unpaired) electrons. The zero-order valence-electron chi connectivity index (χ0n) is 14.0. The van der Waals surface area contributed by atoms with Crippen LogP contribution in [0.15, 0.2) is 46.0 Å². The van der Waals surface area contributed by atoms with Gasteiger partial charge in [0, 0.05) is 17.8 Å². The van der Waals surface area contributed by atoms with Crippen molar-refractivity contribution in [2.45, 2.75) is 15.5 Å². The van der Waals surface area contributed by atoms with E-state index in [4.69, 9.17) is 4.74 Å². The molecule has 4 rings (SSSR count). The number of alkyl halides is 3. The van der Waals surface area contributed by atoms with Gasteiger partial charge in [0.25, 0.3) is 5.78 Å². The van der Waals surface area contributed by atoms with Crippen LogP contribution in [0, 0.1) is 0 Å². The predicted octanol–water partition coefficient (Wildman–Crippen LogP) is 3.90. The summed E-state index contributed by atoms with van der Waals surface area (Å²) in [5.41, 5.74) is -0.302. The van der Waals surface area contributed by atoms with Crippen LogP contribution in [0.4, 0.5) is 24.0 Å². The Hall–Kier alpha value is -2.93. The molecule has 0 bridgehead atoms. The fourth-order valence-electron chi connectivity index (χ4n) is 2.22. The SMILES string of the molecule is COc1cccc(Nc2nnc(Sc3cc(C(F)(F)F)nc4ncnn34)s2)c1. The van der Waals surface area contributed by atoms with Gasteiger partial charge in [-0.05, 0) is 23.9 Å². The molecular weight excluding hydrogens is 415 g/mol. The van der Waals surface area contributed by atoms with Gasteiger partial charge in [-0.2, -0.15) is 27.8 Å². The number of halogens is 3. The van der Waals surface area contributed by atoms with E-state index in [-0.39, 0.29) is 10.8 Å². The highest BCUT2D eigenvalue weighted by atomic mass is 32.2. The molecule has 3 heterocycles. The molecule has 0 unspecified atom stereocenters.